The van der Waals surface area contributed by atoms with E-state index in [2.05, 4.69) is 5.32 Å². The van der Waals surface area contributed by atoms with Crippen LogP contribution in [-0.4, -0.2) is 38.5 Å². The smallest absolute Gasteiger partial charge is 0.407 e. The van der Waals surface area contributed by atoms with Crippen molar-refractivity contribution in [2.24, 2.45) is 0 Å². The molecule has 0 atom stereocenters. The van der Waals surface area contributed by atoms with Gasteiger partial charge in [0.25, 0.3) is 0 Å². The lowest BCUT2D eigenvalue weighted by molar-refractivity contribution is -0.0468. The minimum Gasteiger partial charge on any atom is -0.487 e. The molecule has 0 heterocycles. The average Bonchev–Trinajstić information content (AvgIpc) is 3.33. The van der Waals surface area contributed by atoms with Crippen LogP contribution < -0.4 is 10.1 Å². The van der Waals surface area contributed by atoms with Gasteiger partial charge in [0.15, 0.2) is 16.4 Å². The minimum atomic E-state index is -3.62. The molecule has 9 heteroatoms. The molecule has 2 aromatic rings. The largest absolute Gasteiger partial charge is 0.487 e. The Labute approximate surface area is 205 Å². The van der Waals surface area contributed by atoms with Gasteiger partial charge in [0, 0.05) is 12.1 Å². The van der Waals surface area contributed by atoms with Gasteiger partial charge >= 0.3 is 12.0 Å². The van der Waals surface area contributed by atoms with Crippen molar-refractivity contribution in [1.29, 1.82) is 0 Å². The van der Waals surface area contributed by atoms with Crippen LogP contribution in [-0.2, 0) is 26.9 Å². The number of halogens is 2. The molecule has 1 amide bonds. The van der Waals surface area contributed by atoms with Gasteiger partial charge in [0.1, 0.15) is 11.4 Å². The van der Waals surface area contributed by atoms with Crippen LogP contribution in [0.5, 0.6) is 5.75 Å². The molecule has 0 bridgehead atoms. The van der Waals surface area contributed by atoms with Gasteiger partial charge in [0.05, 0.1) is 10.1 Å². The van der Waals surface area contributed by atoms with Gasteiger partial charge in [-0.2, -0.15) is 8.78 Å². The lowest BCUT2D eigenvalue weighted by atomic mass is 10.1. The van der Waals surface area contributed by atoms with Gasteiger partial charge in [-0.3, -0.25) is 0 Å². The Morgan fingerprint density at radius 1 is 1.06 bits per heavy atom. The monoisotopic (exact) mass is 509 g/mol. The summed E-state index contributed by atoms with van der Waals surface area (Å²) in [5, 5.41) is 2.16. The van der Waals surface area contributed by atoms with Gasteiger partial charge in [-0.1, -0.05) is 37.1 Å². The molecular weight excluding hydrogens is 476 g/mol. The Morgan fingerprint density at radius 2 is 1.71 bits per heavy atom. The van der Waals surface area contributed by atoms with Crippen molar-refractivity contribution in [2.75, 3.05) is 13.2 Å². The summed E-state index contributed by atoms with van der Waals surface area (Å²) in [6.45, 7) is 4.80. The number of alkyl halides is 2. The second kappa shape index (κ2) is 10.9. The molecule has 0 aliphatic heterocycles. The molecule has 0 unspecified atom stereocenters. The van der Waals surface area contributed by atoms with Gasteiger partial charge in [0.2, 0.25) is 0 Å². The van der Waals surface area contributed by atoms with Crippen molar-refractivity contribution in [2.45, 2.75) is 74.5 Å². The third kappa shape index (κ3) is 7.65. The average molecular weight is 510 g/mol. The zero-order valence-electron chi connectivity index (χ0n) is 20.4. The number of amides is 1. The summed E-state index contributed by atoms with van der Waals surface area (Å²) < 4.78 is 65.8. The first kappa shape index (κ1) is 26.9. The lowest BCUT2D eigenvalue weighted by Crippen LogP contribution is -2.33. The van der Waals surface area contributed by atoms with Crippen LogP contribution >= 0.6 is 0 Å². The fraction of sp³-hybridized carbons (Fsp3) is 0.500. The number of ether oxygens (including phenoxy) is 2. The maximum absolute atomic E-state index is 14.9. The topological polar surface area (TPSA) is 81.7 Å². The highest BCUT2D eigenvalue weighted by molar-refractivity contribution is 7.92. The summed E-state index contributed by atoms with van der Waals surface area (Å²) in [6.07, 6.45) is 2.86. The van der Waals surface area contributed by atoms with Crippen LogP contribution in [0, 0.1) is 0 Å². The molecule has 1 aliphatic rings. The summed E-state index contributed by atoms with van der Waals surface area (Å²) in [6, 6.07) is 11.7. The fourth-order valence-electron chi connectivity index (χ4n) is 3.92. The number of carbonyl (C=O) groups excluding carboxylic acids is 1. The number of hydrogen-bond donors (Lipinski definition) is 1. The zero-order chi connectivity index (χ0) is 25.7. The summed E-state index contributed by atoms with van der Waals surface area (Å²) in [7, 11) is -3.62. The number of carbonyl (C=O) groups is 1. The van der Waals surface area contributed by atoms with E-state index in [1.807, 2.05) is 0 Å². The first-order valence-electron chi connectivity index (χ1n) is 11.8. The second-order valence-corrected chi connectivity index (χ2v) is 12.0. The molecule has 0 radical (unpaired) electrons. The van der Waals surface area contributed by atoms with E-state index < -0.39 is 39.3 Å². The molecule has 3 rings (SSSR count). The number of rotatable bonds is 9. The van der Waals surface area contributed by atoms with E-state index in [0.29, 0.717) is 25.8 Å². The highest BCUT2D eigenvalue weighted by Gasteiger charge is 2.36. The molecule has 2 aromatic carbocycles. The molecule has 0 spiro atoms. The Morgan fingerprint density at radius 3 is 2.34 bits per heavy atom. The van der Waals surface area contributed by atoms with Crippen LogP contribution in [0.1, 0.15) is 57.6 Å². The van der Waals surface area contributed by atoms with Crippen LogP contribution in [0.4, 0.5) is 13.6 Å². The molecule has 1 aliphatic carbocycles. The number of nitrogens with one attached hydrogen (secondary N) is 1. The normalized spacial score (nSPS) is 15.1. The van der Waals surface area contributed by atoms with E-state index in [0.717, 1.165) is 24.5 Å². The molecule has 1 saturated carbocycles. The SMILES string of the molecule is CC(C)(C)OC(=O)NCCc1ccc(OCC(F)(F)c2cccc(S(=O)(=O)C3CCCC3)c2)cc1. The van der Waals surface area contributed by atoms with Crippen molar-refractivity contribution in [3.63, 3.8) is 0 Å². The zero-order valence-corrected chi connectivity index (χ0v) is 21.2. The van der Waals surface area contributed by atoms with Crippen LogP contribution in [0.15, 0.2) is 53.4 Å². The molecule has 35 heavy (non-hydrogen) atoms. The quantitative estimate of drug-likeness (QED) is 0.473. The summed E-state index contributed by atoms with van der Waals surface area (Å²) in [5.41, 5.74) is -0.0668. The first-order chi connectivity index (χ1) is 16.4. The van der Waals surface area contributed by atoms with Gasteiger partial charge in [-0.25, -0.2) is 13.2 Å². The van der Waals surface area contributed by atoms with Gasteiger partial charge < -0.3 is 14.8 Å². The van der Waals surface area contributed by atoms with Crippen LogP contribution in [0.25, 0.3) is 0 Å². The van der Waals surface area contributed by atoms with E-state index in [1.54, 1.807) is 45.0 Å². The van der Waals surface area contributed by atoms with Crippen LogP contribution in [0.3, 0.4) is 0 Å². The van der Waals surface area contributed by atoms with E-state index in [1.165, 1.54) is 18.2 Å². The molecular formula is C26H33F2NO5S. The van der Waals surface area contributed by atoms with E-state index >= 15 is 0 Å². The predicted octanol–water partition coefficient (Wildman–Crippen LogP) is 5.64. The number of sulfone groups is 1. The first-order valence-corrected chi connectivity index (χ1v) is 13.3. The third-order valence-corrected chi connectivity index (χ3v) is 8.01. The molecule has 1 N–H and O–H groups in total. The Hall–Kier alpha value is -2.68. The van der Waals surface area contributed by atoms with E-state index in [-0.39, 0.29) is 16.2 Å². The summed E-state index contributed by atoms with van der Waals surface area (Å²) >= 11 is 0. The van der Waals surface area contributed by atoms with Crippen molar-refractivity contribution < 1.29 is 31.5 Å². The van der Waals surface area contributed by atoms with Crippen LogP contribution in [0.2, 0.25) is 0 Å². The lowest BCUT2D eigenvalue weighted by Gasteiger charge is -2.20. The van der Waals surface area contributed by atoms with Crippen molar-refractivity contribution >= 4 is 15.9 Å². The Bertz CT molecular complexity index is 1110. The Balaban J connectivity index is 1.55. The van der Waals surface area contributed by atoms with E-state index in [9.17, 15) is 22.0 Å². The molecule has 6 nitrogen and oxygen atoms in total. The number of benzene rings is 2. The molecule has 192 valence electrons. The molecule has 1 fully saturated rings. The second-order valence-electron chi connectivity index (χ2n) is 9.80. The highest BCUT2D eigenvalue weighted by atomic mass is 32.2. The summed E-state index contributed by atoms with van der Waals surface area (Å²) in [4.78, 5) is 11.6. The third-order valence-electron chi connectivity index (χ3n) is 5.75. The molecule has 0 aromatic heterocycles. The fourth-order valence-corrected chi connectivity index (χ4v) is 5.82. The highest BCUT2D eigenvalue weighted by Crippen LogP contribution is 2.34. The number of alkyl carbamates (subject to hydrolysis) is 1. The summed E-state index contributed by atoms with van der Waals surface area (Å²) in [5.74, 6) is -3.10. The van der Waals surface area contributed by atoms with Crippen molar-refractivity contribution in [3.8, 4) is 5.75 Å². The van der Waals surface area contributed by atoms with Gasteiger partial charge in [-0.15, -0.1) is 0 Å². The standard InChI is InChI=1S/C26H33F2NO5S/c1-25(2,3)34-24(30)29-16-15-19-11-13-21(14-12-19)33-18-26(27,28)20-7-6-10-23(17-20)35(31,32)22-8-4-5-9-22/h6-7,10-14,17,22H,4-5,8-9,15-16,18H2,1-3H3,(H,29,30). The van der Waals surface area contributed by atoms with E-state index in [4.69, 9.17) is 9.47 Å². The van der Waals surface area contributed by atoms with Gasteiger partial charge in [-0.05, 0) is 69.9 Å². The Kier molecular flexibility index (Phi) is 8.41. The molecule has 0 saturated heterocycles. The van der Waals surface area contributed by atoms with Crippen molar-refractivity contribution in [1.82, 2.24) is 5.32 Å². The maximum Gasteiger partial charge on any atom is 0.407 e. The predicted molar refractivity (Wildman–Crippen MR) is 130 cm³/mol. The van der Waals surface area contributed by atoms with Crippen molar-refractivity contribution in [3.05, 3.63) is 59.7 Å². The maximum atomic E-state index is 14.9. The number of hydrogen-bond acceptors (Lipinski definition) is 5. The minimum absolute atomic E-state index is 0.0640.